The molecule has 24 heavy (non-hydrogen) atoms. The molecule has 2 N–H and O–H groups in total. The molecule has 0 fully saturated rings. The molecule has 0 atom stereocenters. The summed E-state index contributed by atoms with van der Waals surface area (Å²) in [7, 11) is 0. The topological polar surface area (TPSA) is 70.6 Å². The Balaban J connectivity index is 1.87. The van der Waals surface area contributed by atoms with Gasteiger partial charge in [0.2, 0.25) is 5.91 Å². The molecule has 0 aliphatic heterocycles. The molecule has 124 valence electrons. The number of nitrogens with zero attached hydrogens (tertiary/aromatic N) is 1. The van der Waals surface area contributed by atoms with Crippen LogP contribution in [0.3, 0.4) is 0 Å². The summed E-state index contributed by atoms with van der Waals surface area (Å²) in [5.41, 5.74) is 5.39. The molecule has 0 bridgehead atoms. The fourth-order valence-corrected chi connectivity index (χ4v) is 2.50. The van der Waals surface area contributed by atoms with Crippen LogP contribution in [0.15, 0.2) is 53.6 Å². The van der Waals surface area contributed by atoms with Gasteiger partial charge in [-0.2, -0.15) is 5.10 Å². The predicted octanol–water partition coefficient (Wildman–Crippen LogP) is 3.73. The minimum Gasteiger partial charge on any atom is -0.326 e. The molecule has 0 unspecified atom stereocenters. The first-order valence-corrected chi connectivity index (χ1v) is 8.47. The Morgan fingerprint density at radius 2 is 1.83 bits per heavy atom. The molecular formula is C18H18IN3O2. The maximum absolute atomic E-state index is 12.0. The van der Waals surface area contributed by atoms with Crippen LogP contribution in [0.4, 0.5) is 5.69 Å². The van der Waals surface area contributed by atoms with Gasteiger partial charge in [-0.3, -0.25) is 9.59 Å². The summed E-state index contributed by atoms with van der Waals surface area (Å²) in [5.74, 6) is -0.476. The van der Waals surface area contributed by atoms with Crippen molar-refractivity contribution in [3.05, 3.63) is 63.2 Å². The van der Waals surface area contributed by atoms with Gasteiger partial charge in [-0.05, 0) is 66.8 Å². The van der Waals surface area contributed by atoms with E-state index in [1.54, 1.807) is 19.1 Å². The number of hydrogen-bond acceptors (Lipinski definition) is 3. The number of rotatable bonds is 5. The summed E-state index contributed by atoms with van der Waals surface area (Å²) in [6, 6.07) is 14.7. The fraction of sp³-hybridized carbons (Fsp3) is 0.167. The van der Waals surface area contributed by atoms with Crippen LogP contribution in [0, 0.1) is 10.5 Å². The second-order valence-corrected chi connectivity index (χ2v) is 6.63. The van der Waals surface area contributed by atoms with E-state index in [-0.39, 0.29) is 18.2 Å². The average Bonchev–Trinajstić information content (AvgIpc) is 2.54. The Morgan fingerprint density at radius 1 is 1.12 bits per heavy atom. The third-order valence-corrected chi connectivity index (χ3v) is 3.86. The van der Waals surface area contributed by atoms with E-state index in [0.29, 0.717) is 11.3 Å². The number of hydrazone groups is 1. The Hall–Kier alpha value is -2.22. The normalized spacial score (nSPS) is 11.0. The maximum atomic E-state index is 12.0. The number of nitrogens with one attached hydrogen (secondary N) is 2. The summed E-state index contributed by atoms with van der Waals surface area (Å²) >= 11 is 2.14. The second kappa shape index (κ2) is 8.58. The first-order valence-electron chi connectivity index (χ1n) is 7.39. The molecule has 5 nitrogen and oxygen atoms in total. The van der Waals surface area contributed by atoms with E-state index < -0.39 is 0 Å². The van der Waals surface area contributed by atoms with Crippen molar-refractivity contribution in [1.82, 2.24) is 5.43 Å². The zero-order chi connectivity index (χ0) is 17.5. The number of hydrogen-bond donors (Lipinski definition) is 2. The van der Waals surface area contributed by atoms with E-state index in [1.807, 2.05) is 43.3 Å². The van der Waals surface area contributed by atoms with Crippen LogP contribution in [-0.2, 0) is 4.79 Å². The molecule has 0 radical (unpaired) electrons. The molecule has 0 heterocycles. The molecule has 0 aromatic heterocycles. The number of carbonyl (C=O) groups excluding carboxylic acids is 2. The van der Waals surface area contributed by atoms with Crippen LogP contribution in [0.5, 0.6) is 0 Å². The zero-order valence-electron chi connectivity index (χ0n) is 13.5. The fourth-order valence-electron chi connectivity index (χ4n) is 1.95. The SMILES string of the molecule is C/C(CC(=O)Nc1ccc(C)cc1)=N\NC(=O)c1cccc(I)c1. The summed E-state index contributed by atoms with van der Waals surface area (Å²) in [5, 5.41) is 6.77. The van der Waals surface area contributed by atoms with Crippen molar-refractivity contribution in [2.75, 3.05) is 5.32 Å². The van der Waals surface area contributed by atoms with E-state index in [0.717, 1.165) is 14.8 Å². The lowest BCUT2D eigenvalue weighted by Gasteiger charge is -2.06. The summed E-state index contributed by atoms with van der Waals surface area (Å²) < 4.78 is 0.971. The Kier molecular flexibility index (Phi) is 6.48. The minimum absolute atomic E-state index is 0.112. The van der Waals surface area contributed by atoms with E-state index in [2.05, 4.69) is 38.4 Å². The van der Waals surface area contributed by atoms with Crippen molar-refractivity contribution in [2.24, 2.45) is 5.10 Å². The second-order valence-electron chi connectivity index (χ2n) is 5.39. The summed E-state index contributed by atoms with van der Waals surface area (Å²) in [6.07, 6.45) is 0.112. The van der Waals surface area contributed by atoms with E-state index in [9.17, 15) is 9.59 Å². The van der Waals surface area contributed by atoms with Gasteiger partial charge in [-0.1, -0.05) is 23.8 Å². The number of carbonyl (C=O) groups is 2. The zero-order valence-corrected chi connectivity index (χ0v) is 15.6. The van der Waals surface area contributed by atoms with Crippen LogP contribution in [0.1, 0.15) is 29.3 Å². The lowest BCUT2D eigenvalue weighted by Crippen LogP contribution is -2.21. The van der Waals surface area contributed by atoms with Gasteiger partial charge in [0.05, 0.1) is 6.42 Å². The van der Waals surface area contributed by atoms with Gasteiger partial charge < -0.3 is 5.32 Å². The highest BCUT2D eigenvalue weighted by Gasteiger charge is 2.07. The number of amides is 2. The van der Waals surface area contributed by atoms with Crippen molar-refractivity contribution < 1.29 is 9.59 Å². The minimum atomic E-state index is -0.299. The first kappa shape index (κ1) is 18.1. The number of halogens is 1. The van der Waals surface area contributed by atoms with Crippen LogP contribution in [0.25, 0.3) is 0 Å². The predicted molar refractivity (Wildman–Crippen MR) is 104 cm³/mol. The van der Waals surface area contributed by atoms with Crippen molar-refractivity contribution in [2.45, 2.75) is 20.3 Å². The Labute approximate surface area is 154 Å². The third kappa shape index (κ3) is 5.77. The van der Waals surface area contributed by atoms with Crippen LogP contribution < -0.4 is 10.7 Å². The van der Waals surface area contributed by atoms with Crippen molar-refractivity contribution in [3.63, 3.8) is 0 Å². The molecule has 0 aliphatic carbocycles. The highest BCUT2D eigenvalue weighted by Crippen LogP contribution is 2.09. The van der Waals surface area contributed by atoms with Crippen molar-refractivity contribution in [3.8, 4) is 0 Å². The van der Waals surface area contributed by atoms with Crippen LogP contribution in [-0.4, -0.2) is 17.5 Å². The van der Waals surface area contributed by atoms with E-state index >= 15 is 0 Å². The largest absolute Gasteiger partial charge is 0.326 e. The molecule has 2 aromatic rings. The van der Waals surface area contributed by atoms with Gasteiger partial charge in [-0.15, -0.1) is 0 Å². The monoisotopic (exact) mass is 435 g/mol. The quantitative estimate of drug-likeness (QED) is 0.427. The molecule has 2 rings (SSSR count). The van der Waals surface area contributed by atoms with Crippen LogP contribution in [0.2, 0.25) is 0 Å². The smallest absolute Gasteiger partial charge is 0.271 e. The molecule has 2 aromatic carbocycles. The standard InChI is InChI=1S/C18H18IN3O2/c1-12-6-8-16(9-7-12)20-17(23)10-13(2)21-22-18(24)14-4-3-5-15(19)11-14/h3-9,11H,10H2,1-2H3,(H,20,23)(H,22,24)/b21-13+. The molecule has 6 heteroatoms. The van der Waals surface area contributed by atoms with E-state index in [4.69, 9.17) is 0 Å². The van der Waals surface area contributed by atoms with E-state index in [1.165, 1.54) is 0 Å². The van der Waals surface area contributed by atoms with Crippen molar-refractivity contribution in [1.29, 1.82) is 0 Å². The van der Waals surface area contributed by atoms with Gasteiger partial charge in [0.1, 0.15) is 0 Å². The lowest BCUT2D eigenvalue weighted by molar-refractivity contribution is -0.115. The highest BCUT2D eigenvalue weighted by molar-refractivity contribution is 14.1. The maximum Gasteiger partial charge on any atom is 0.271 e. The average molecular weight is 435 g/mol. The number of aryl methyl sites for hydroxylation is 1. The van der Waals surface area contributed by atoms with Gasteiger partial charge >= 0.3 is 0 Å². The van der Waals surface area contributed by atoms with Gasteiger partial charge in [0, 0.05) is 20.5 Å². The lowest BCUT2D eigenvalue weighted by atomic mass is 10.2. The molecule has 0 saturated carbocycles. The molecule has 0 spiro atoms. The number of benzene rings is 2. The number of anilines is 1. The summed E-state index contributed by atoms with van der Waals surface area (Å²) in [6.45, 7) is 3.68. The van der Waals surface area contributed by atoms with Gasteiger partial charge in [-0.25, -0.2) is 5.43 Å². The van der Waals surface area contributed by atoms with Gasteiger partial charge in [0.25, 0.3) is 5.91 Å². The molecule has 2 amide bonds. The summed E-state index contributed by atoms with van der Waals surface area (Å²) in [4.78, 5) is 23.9. The Bertz CT molecular complexity index is 770. The molecule has 0 aliphatic rings. The third-order valence-electron chi connectivity index (χ3n) is 3.19. The Morgan fingerprint density at radius 3 is 2.50 bits per heavy atom. The van der Waals surface area contributed by atoms with Gasteiger partial charge in [0.15, 0.2) is 0 Å². The van der Waals surface area contributed by atoms with Crippen molar-refractivity contribution >= 4 is 45.8 Å². The first-order chi connectivity index (χ1) is 11.4. The highest BCUT2D eigenvalue weighted by atomic mass is 127. The van der Waals surface area contributed by atoms with Crippen LogP contribution >= 0.6 is 22.6 Å². The molecular weight excluding hydrogens is 417 g/mol. The molecule has 0 saturated heterocycles.